The molecule has 0 aromatic carbocycles. The topological polar surface area (TPSA) is 23.8 Å². The Morgan fingerprint density at radius 3 is 2.23 bits per heavy atom. The molecule has 0 spiro atoms. The number of rotatable bonds is 8. The maximum atomic E-state index is 12.8. The van der Waals surface area contributed by atoms with Crippen molar-refractivity contribution in [3.05, 3.63) is 36.2 Å². The summed E-state index contributed by atoms with van der Waals surface area (Å²) in [6, 6.07) is 1.51. The van der Waals surface area contributed by atoms with Gasteiger partial charge in [0, 0.05) is 0 Å². The second kappa shape index (κ2) is 11.4. The molecule has 0 heterocycles. The van der Waals surface area contributed by atoms with E-state index in [9.17, 15) is 4.39 Å². The van der Waals surface area contributed by atoms with Crippen molar-refractivity contribution in [1.29, 1.82) is 5.26 Å². The van der Waals surface area contributed by atoms with Gasteiger partial charge in [0.2, 0.25) is 0 Å². The molecule has 1 nitrogen and oxygen atoms in total. The van der Waals surface area contributed by atoms with E-state index in [1.54, 1.807) is 6.08 Å². The molecule has 2 fully saturated rings. The highest BCUT2D eigenvalue weighted by Crippen LogP contribution is 2.42. The van der Waals surface area contributed by atoms with Crippen molar-refractivity contribution in [1.82, 2.24) is 0 Å². The number of hydrogen-bond acceptors (Lipinski definition) is 1. The third kappa shape index (κ3) is 6.75. The molecule has 0 amide bonds. The van der Waals surface area contributed by atoms with Gasteiger partial charge in [0.25, 0.3) is 0 Å². The Morgan fingerprint density at radius 1 is 1.04 bits per heavy atom. The van der Waals surface area contributed by atoms with E-state index in [1.165, 1.54) is 81.9 Å². The van der Waals surface area contributed by atoms with Gasteiger partial charge in [-0.2, -0.15) is 9.65 Å². The normalized spacial score (nSPS) is 30.3. The molecule has 0 N–H and O–H groups in total. The van der Waals surface area contributed by atoms with Crippen molar-refractivity contribution in [2.75, 3.05) is 0 Å². The van der Waals surface area contributed by atoms with E-state index in [0.717, 1.165) is 24.7 Å². The second-order valence-corrected chi connectivity index (χ2v) is 8.41. The molecule has 144 valence electrons. The zero-order valence-corrected chi connectivity index (χ0v) is 16.6. The van der Waals surface area contributed by atoms with Crippen molar-refractivity contribution in [3.63, 3.8) is 0 Å². The van der Waals surface area contributed by atoms with E-state index in [0.29, 0.717) is 11.8 Å². The van der Waals surface area contributed by atoms with Crippen LogP contribution in [0.15, 0.2) is 36.2 Å². The summed E-state index contributed by atoms with van der Waals surface area (Å²) in [5.74, 6) is 2.22. The van der Waals surface area contributed by atoms with Crippen LogP contribution in [0.25, 0.3) is 0 Å². The lowest BCUT2D eigenvalue weighted by molar-refractivity contribution is 0.253. The van der Waals surface area contributed by atoms with Crippen LogP contribution in [-0.4, -0.2) is 0 Å². The Kier molecular flexibility index (Phi) is 9.16. The van der Waals surface area contributed by atoms with E-state index >= 15 is 0 Å². The Balaban J connectivity index is 1.69. The molecule has 0 aromatic rings. The second-order valence-electron chi connectivity index (χ2n) is 8.41. The van der Waals surface area contributed by atoms with E-state index in [-0.39, 0.29) is 0 Å². The zero-order valence-electron chi connectivity index (χ0n) is 16.6. The highest BCUT2D eigenvalue weighted by molar-refractivity contribution is 5.19. The summed E-state index contributed by atoms with van der Waals surface area (Å²) < 4.78 is 12.8. The monoisotopic (exact) mass is 357 g/mol. The lowest BCUT2D eigenvalue weighted by atomic mass is 9.70. The molecule has 2 aliphatic rings. The van der Waals surface area contributed by atoms with Gasteiger partial charge in [0.15, 0.2) is 5.83 Å². The maximum Gasteiger partial charge on any atom is 0.199 e. The third-order valence-corrected chi connectivity index (χ3v) is 6.62. The largest absolute Gasteiger partial charge is 0.199 e. The van der Waals surface area contributed by atoms with Gasteiger partial charge in [-0.05, 0) is 81.1 Å². The minimum atomic E-state index is -0.714. The van der Waals surface area contributed by atoms with Crippen LogP contribution in [0.2, 0.25) is 0 Å². The van der Waals surface area contributed by atoms with Crippen LogP contribution in [-0.2, 0) is 0 Å². The first-order chi connectivity index (χ1) is 12.6. The minimum absolute atomic E-state index is 0.524. The van der Waals surface area contributed by atoms with Gasteiger partial charge in [0.05, 0.1) is 0 Å². The van der Waals surface area contributed by atoms with Gasteiger partial charge < -0.3 is 0 Å². The summed E-state index contributed by atoms with van der Waals surface area (Å²) in [6.07, 6.45) is 20.9. The Hall–Kier alpha value is -1.36. The van der Waals surface area contributed by atoms with Crippen molar-refractivity contribution < 1.29 is 4.39 Å². The first-order valence-corrected chi connectivity index (χ1v) is 10.8. The molecule has 2 saturated carbocycles. The maximum absolute atomic E-state index is 12.8. The lowest BCUT2D eigenvalue weighted by Gasteiger charge is -2.35. The molecule has 2 heteroatoms. The van der Waals surface area contributed by atoms with Crippen LogP contribution in [0, 0.1) is 35.0 Å². The van der Waals surface area contributed by atoms with Crippen LogP contribution in [0.4, 0.5) is 4.39 Å². The van der Waals surface area contributed by atoms with Crippen LogP contribution >= 0.6 is 0 Å². The Morgan fingerprint density at radius 2 is 1.65 bits per heavy atom. The minimum Gasteiger partial charge on any atom is -0.195 e. The number of nitrogens with zero attached hydrogens (tertiary/aromatic N) is 1. The molecular weight excluding hydrogens is 321 g/mol. The number of unbranched alkanes of at least 4 members (excludes halogenated alkanes) is 2. The quantitative estimate of drug-likeness (QED) is 0.189. The Labute approximate surface area is 160 Å². The zero-order chi connectivity index (χ0) is 18.8. The number of halogens is 1. The van der Waals surface area contributed by atoms with Crippen molar-refractivity contribution in [2.24, 2.45) is 23.7 Å². The van der Waals surface area contributed by atoms with Gasteiger partial charge >= 0.3 is 0 Å². The van der Waals surface area contributed by atoms with Gasteiger partial charge in [-0.15, -0.1) is 0 Å². The fraction of sp³-hybridized carbons (Fsp3) is 0.708. The number of allylic oxidation sites excluding steroid dienone is 5. The van der Waals surface area contributed by atoms with Crippen LogP contribution in [0.1, 0.15) is 84.0 Å². The van der Waals surface area contributed by atoms with Gasteiger partial charge in [-0.1, -0.05) is 56.9 Å². The van der Waals surface area contributed by atoms with Crippen LogP contribution < -0.4 is 0 Å². The Bertz CT molecular complexity index is 523. The lowest BCUT2D eigenvalue weighted by Crippen LogP contribution is -2.22. The number of hydrogen-bond donors (Lipinski definition) is 0. The third-order valence-electron chi connectivity index (χ3n) is 6.62. The molecule has 0 unspecified atom stereocenters. The first-order valence-electron chi connectivity index (χ1n) is 10.8. The summed E-state index contributed by atoms with van der Waals surface area (Å²) in [5, 5.41) is 8.42. The molecule has 2 rings (SSSR count). The van der Waals surface area contributed by atoms with Crippen molar-refractivity contribution >= 4 is 0 Å². The fourth-order valence-electron chi connectivity index (χ4n) is 4.86. The molecule has 0 radical (unpaired) electrons. The summed E-state index contributed by atoms with van der Waals surface area (Å²) in [6.45, 7) is 6.80. The average molecular weight is 358 g/mol. The average Bonchev–Trinajstić information content (AvgIpc) is 2.68. The summed E-state index contributed by atoms with van der Waals surface area (Å²) in [4.78, 5) is 0. The molecule has 0 saturated heterocycles. The molecule has 0 atom stereocenters. The van der Waals surface area contributed by atoms with Crippen molar-refractivity contribution in [3.8, 4) is 6.07 Å². The summed E-state index contributed by atoms with van der Waals surface area (Å²) >= 11 is 0. The van der Waals surface area contributed by atoms with Gasteiger partial charge in [-0.25, -0.2) is 0 Å². The van der Waals surface area contributed by atoms with E-state index in [4.69, 9.17) is 5.26 Å². The molecule has 2 aliphatic carbocycles. The first kappa shape index (κ1) is 20.9. The fourth-order valence-corrected chi connectivity index (χ4v) is 4.86. The molecule has 0 aromatic heterocycles. The summed E-state index contributed by atoms with van der Waals surface area (Å²) in [7, 11) is 0. The van der Waals surface area contributed by atoms with E-state index in [2.05, 4.69) is 19.6 Å². The summed E-state index contributed by atoms with van der Waals surface area (Å²) in [5.41, 5.74) is 1.52. The highest BCUT2D eigenvalue weighted by atomic mass is 19.1. The predicted molar refractivity (Wildman–Crippen MR) is 108 cm³/mol. The molecular formula is C24H36FN. The highest BCUT2D eigenvalue weighted by Gasteiger charge is 2.28. The predicted octanol–water partition coefficient (Wildman–Crippen LogP) is 7.67. The van der Waals surface area contributed by atoms with Crippen molar-refractivity contribution in [2.45, 2.75) is 84.0 Å². The van der Waals surface area contributed by atoms with Gasteiger partial charge in [-0.3, -0.25) is 0 Å². The van der Waals surface area contributed by atoms with Gasteiger partial charge in [0.1, 0.15) is 6.07 Å². The molecule has 26 heavy (non-hydrogen) atoms. The molecule has 0 bridgehead atoms. The smallest absolute Gasteiger partial charge is 0.195 e. The standard InChI is InChI=1S/C24H36FN/c1-3-4-5-7-20-10-14-22(15-11-20)19(2)23-16-12-21(13-17-23)8-6-9-24(25)18-26/h6,8-9,20-23H,2-5,7,10-17H2,1H3/b8-6+,24-9-/t20-,21-,22-,23-. The molecule has 0 aliphatic heterocycles. The van der Waals surface area contributed by atoms with E-state index in [1.807, 2.05) is 0 Å². The van der Waals surface area contributed by atoms with Crippen LogP contribution in [0.5, 0.6) is 0 Å². The number of nitriles is 1. The van der Waals surface area contributed by atoms with Crippen LogP contribution in [0.3, 0.4) is 0 Å². The SMILES string of the molecule is C=C([C@H]1CC[C@H](/C=C/C=C(\F)C#N)CC1)[C@H]1CC[C@H](CCCCC)CC1. The van der Waals surface area contributed by atoms with E-state index < -0.39 is 5.83 Å².